The van der Waals surface area contributed by atoms with E-state index in [-0.39, 0.29) is 0 Å². The molecule has 0 heterocycles. The number of methoxy groups -OCH3 is 1. The molecule has 0 amide bonds. The number of nitrogens with one attached hydrogen (secondary N) is 1. The van der Waals surface area contributed by atoms with Gasteiger partial charge in [-0.25, -0.2) is 0 Å². The van der Waals surface area contributed by atoms with Crippen LogP contribution in [-0.4, -0.2) is 30.9 Å². The van der Waals surface area contributed by atoms with Gasteiger partial charge in [-0.1, -0.05) is 5.16 Å². The van der Waals surface area contributed by atoms with E-state index in [1.807, 2.05) is 0 Å². The van der Waals surface area contributed by atoms with E-state index in [0.717, 1.165) is 0 Å². The number of rotatable bonds is 5. The molecule has 0 aliphatic rings. The fourth-order valence-electron chi connectivity index (χ4n) is 1.45. The molecular formula is C11H13BrF3N3O2. The van der Waals surface area contributed by atoms with Crippen molar-refractivity contribution in [3.63, 3.8) is 0 Å². The van der Waals surface area contributed by atoms with Gasteiger partial charge in [-0.2, -0.15) is 13.2 Å². The molecule has 0 saturated carbocycles. The number of anilines is 1. The number of alkyl halides is 3. The Bertz CT molecular complexity index is 494. The Kier molecular flexibility index (Phi) is 5.49. The summed E-state index contributed by atoms with van der Waals surface area (Å²) in [5.41, 5.74) is 5.48. The van der Waals surface area contributed by atoms with Crippen molar-refractivity contribution in [2.24, 2.45) is 16.8 Å². The minimum atomic E-state index is -4.61. The van der Waals surface area contributed by atoms with E-state index in [4.69, 9.17) is 15.7 Å². The van der Waals surface area contributed by atoms with Crippen LogP contribution in [-0.2, 0) is 0 Å². The molecule has 9 heteroatoms. The predicted octanol–water partition coefficient (Wildman–Crippen LogP) is 2.79. The quantitative estimate of drug-likeness (QED) is 0.328. The number of halogens is 4. The van der Waals surface area contributed by atoms with Gasteiger partial charge < -0.3 is 21.0 Å². The van der Waals surface area contributed by atoms with Crippen molar-refractivity contribution in [2.45, 2.75) is 6.18 Å². The highest BCUT2D eigenvalue weighted by molar-refractivity contribution is 9.10. The molecule has 112 valence electrons. The Morgan fingerprint density at radius 2 is 2.20 bits per heavy atom. The van der Waals surface area contributed by atoms with Crippen LogP contribution in [0.4, 0.5) is 18.9 Å². The normalized spacial score (nSPS) is 13.9. The van der Waals surface area contributed by atoms with Crippen LogP contribution >= 0.6 is 15.9 Å². The molecule has 4 N–H and O–H groups in total. The van der Waals surface area contributed by atoms with Gasteiger partial charge in [0.1, 0.15) is 11.7 Å². The Morgan fingerprint density at radius 1 is 1.55 bits per heavy atom. The Balaban J connectivity index is 2.83. The molecule has 1 unspecified atom stereocenters. The molecule has 0 spiro atoms. The van der Waals surface area contributed by atoms with Crippen molar-refractivity contribution in [2.75, 3.05) is 19.0 Å². The number of oxime groups is 1. The van der Waals surface area contributed by atoms with Gasteiger partial charge in [-0.15, -0.1) is 0 Å². The van der Waals surface area contributed by atoms with Crippen LogP contribution in [0.3, 0.4) is 0 Å². The lowest BCUT2D eigenvalue weighted by molar-refractivity contribution is -0.152. The first-order valence-electron chi connectivity index (χ1n) is 5.41. The van der Waals surface area contributed by atoms with Crippen molar-refractivity contribution in [1.82, 2.24) is 0 Å². The molecular weight excluding hydrogens is 343 g/mol. The molecule has 5 nitrogen and oxygen atoms in total. The van der Waals surface area contributed by atoms with E-state index in [1.54, 1.807) is 12.1 Å². The summed E-state index contributed by atoms with van der Waals surface area (Å²) in [6.45, 7) is -0.551. The van der Waals surface area contributed by atoms with Crippen molar-refractivity contribution in [1.29, 1.82) is 0 Å². The monoisotopic (exact) mass is 355 g/mol. The van der Waals surface area contributed by atoms with E-state index >= 15 is 0 Å². The zero-order chi connectivity index (χ0) is 15.3. The molecule has 0 fully saturated rings. The van der Waals surface area contributed by atoms with Gasteiger partial charge in [0.05, 0.1) is 11.6 Å². The minimum Gasteiger partial charge on any atom is -0.495 e. The molecule has 1 aromatic rings. The number of nitrogens with zero attached hydrogens (tertiary/aromatic N) is 1. The summed E-state index contributed by atoms with van der Waals surface area (Å²) in [4.78, 5) is 0. The molecule has 20 heavy (non-hydrogen) atoms. The number of hydrogen-bond acceptors (Lipinski definition) is 4. The lowest BCUT2D eigenvalue weighted by atomic mass is 10.1. The van der Waals surface area contributed by atoms with Gasteiger partial charge in [0.25, 0.3) is 0 Å². The highest BCUT2D eigenvalue weighted by atomic mass is 79.9. The van der Waals surface area contributed by atoms with Gasteiger partial charge in [0, 0.05) is 18.3 Å². The van der Waals surface area contributed by atoms with Crippen LogP contribution in [0.15, 0.2) is 27.8 Å². The standard InChI is InChI=1S/C11H13BrF3N3O2/c1-20-9-4-6(2-3-8(9)12)17-5-7(10(16)18-19)11(13,14)15/h2-4,7,17,19H,5H2,1H3,(H2,16,18). The number of benzene rings is 1. The minimum absolute atomic E-state index is 0.421. The SMILES string of the molecule is COc1cc(NCC(/C(N)=N/O)C(F)(F)F)ccc1Br. The number of hydrogen-bond donors (Lipinski definition) is 3. The molecule has 1 rings (SSSR count). The molecule has 0 aliphatic heterocycles. The first-order chi connectivity index (χ1) is 9.29. The predicted molar refractivity (Wildman–Crippen MR) is 72.1 cm³/mol. The Labute approximate surface area is 121 Å². The highest BCUT2D eigenvalue weighted by Crippen LogP contribution is 2.30. The summed E-state index contributed by atoms with van der Waals surface area (Å²) >= 11 is 3.23. The summed E-state index contributed by atoms with van der Waals surface area (Å²) in [5, 5.41) is 13.4. The van der Waals surface area contributed by atoms with Crippen LogP contribution in [0.25, 0.3) is 0 Å². The van der Waals surface area contributed by atoms with Gasteiger partial charge in [-0.3, -0.25) is 0 Å². The van der Waals surface area contributed by atoms with Crippen LogP contribution in [0, 0.1) is 5.92 Å². The Morgan fingerprint density at radius 3 is 2.70 bits per heavy atom. The van der Waals surface area contributed by atoms with Crippen LogP contribution < -0.4 is 15.8 Å². The molecule has 0 radical (unpaired) electrons. The summed E-state index contributed by atoms with van der Waals surface area (Å²) in [6, 6.07) is 4.74. The second-order valence-electron chi connectivity index (χ2n) is 3.85. The number of ether oxygens (including phenoxy) is 1. The van der Waals surface area contributed by atoms with Crippen LogP contribution in [0.5, 0.6) is 5.75 Å². The average molecular weight is 356 g/mol. The summed E-state index contributed by atoms with van der Waals surface area (Å²) < 4.78 is 43.9. The summed E-state index contributed by atoms with van der Waals surface area (Å²) in [5.74, 6) is -2.50. The first kappa shape index (κ1) is 16.4. The zero-order valence-corrected chi connectivity index (χ0v) is 12.0. The lowest BCUT2D eigenvalue weighted by Gasteiger charge is -2.20. The van der Waals surface area contributed by atoms with Crippen molar-refractivity contribution in [3.8, 4) is 5.75 Å². The van der Waals surface area contributed by atoms with Crippen molar-refractivity contribution < 1.29 is 23.1 Å². The molecule has 0 aliphatic carbocycles. The first-order valence-corrected chi connectivity index (χ1v) is 6.20. The molecule has 1 aromatic carbocycles. The summed E-state index contributed by atoms with van der Waals surface area (Å²) in [6.07, 6.45) is -4.61. The number of amidine groups is 1. The van der Waals surface area contributed by atoms with Gasteiger partial charge in [0.2, 0.25) is 0 Å². The van der Waals surface area contributed by atoms with E-state index in [2.05, 4.69) is 26.4 Å². The largest absolute Gasteiger partial charge is 0.495 e. The third-order valence-corrected chi connectivity index (χ3v) is 3.18. The van der Waals surface area contributed by atoms with E-state index in [9.17, 15) is 13.2 Å². The van der Waals surface area contributed by atoms with E-state index < -0.39 is 24.5 Å². The molecule has 1 atom stereocenters. The maximum Gasteiger partial charge on any atom is 0.400 e. The maximum atomic E-state index is 12.7. The third kappa shape index (κ3) is 4.19. The smallest absolute Gasteiger partial charge is 0.400 e. The topological polar surface area (TPSA) is 79.9 Å². The molecule has 0 aromatic heterocycles. The van der Waals surface area contributed by atoms with E-state index in [0.29, 0.717) is 15.9 Å². The van der Waals surface area contributed by atoms with E-state index in [1.165, 1.54) is 13.2 Å². The summed E-state index contributed by atoms with van der Waals surface area (Å²) in [7, 11) is 1.44. The highest BCUT2D eigenvalue weighted by Gasteiger charge is 2.42. The van der Waals surface area contributed by atoms with Crippen LogP contribution in [0.2, 0.25) is 0 Å². The Hall–Kier alpha value is -1.64. The zero-order valence-electron chi connectivity index (χ0n) is 10.4. The fraction of sp³-hybridized carbons (Fsp3) is 0.364. The van der Waals surface area contributed by atoms with Gasteiger partial charge in [-0.05, 0) is 28.1 Å². The maximum absolute atomic E-state index is 12.7. The van der Waals surface area contributed by atoms with Crippen molar-refractivity contribution >= 4 is 27.5 Å². The molecule has 0 bridgehead atoms. The van der Waals surface area contributed by atoms with Gasteiger partial charge in [0.15, 0.2) is 5.84 Å². The third-order valence-electron chi connectivity index (χ3n) is 2.53. The molecule has 0 saturated heterocycles. The second-order valence-corrected chi connectivity index (χ2v) is 4.70. The lowest BCUT2D eigenvalue weighted by Crippen LogP contribution is -2.40. The number of nitrogens with two attached hydrogens (primary N) is 1. The van der Waals surface area contributed by atoms with Crippen LogP contribution in [0.1, 0.15) is 0 Å². The van der Waals surface area contributed by atoms with Crippen molar-refractivity contribution in [3.05, 3.63) is 22.7 Å². The average Bonchev–Trinajstić information content (AvgIpc) is 2.38. The van der Waals surface area contributed by atoms with Gasteiger partial charge >= 0.3 is 6.18 Å². The second kappa shape index (κ2) is 6.69. The fourth-order valence-corrected chi connectivity index (χ4v) is 1.86.